The van der Waals surface area contributed by atoms with Gasteiger partial charge < -0.3 is 5.32 Å². The minimum absolute atomic E-state index is 0.672. The lowest BCUT2D eigenvalue weighted by molar-refractivity contribution is 0.755. The summed E-state index contributed by atoms with van der Waals surface area (Å²) in [6.45, 7) is 0. The van der Waals surface area contributed by atoms with Crippen molar-refractivity contribution < 1.29 is 0 Å². The summed E-state index contributed by atoms with van der Waals surface area (Å²) in [5, 5.41) is 7.80. The molecule has 3 rings (SSSR count). The molecule has 1 saturated carbocycles. The molecule has 0 spiro atoms. The smallest absolute Gasteiger partial charge is 0.0647 e. The molecule has 0 radical (unpaired) electrons. The van der Waals surface area contributed by atoms with Crippen molar-refractivity contribution in [1.82, 2.24) is 9.78 Å². The first kappa shape index (κ1) is 10.4. The third kappa shape index (κ3) is 2.33. The molecule has 3 heteroatoms. The number of hydrogen-bond donors (Lipinski definition) is 1. The van der Waals surface area contributed by atoms with E-state index in [1.807, 2.05) is 16.9 Å². The van der Waals surface area contributed by atoms with Crippen molar-refractivity contribution in [1.29, 1.82) is 0 Å². The Bertz CT molecular complexity index is 453. The van der Waals surface area contributed by atoms with Crippen LogP contribution in [0.25, 0.3) is 5.69 Å². The Kier molecular flexibility index (Phi) is 2.82. The number of hydrogen-bond acceptors (Lipinski definition) is 2. The molecule has 3 nitrogen and oxygen atoms in total. The third-order valence-corrected chi connectivity index (χ3v) is 3.36. The maximum Gasteiger partial charge on any atom is 0.0647 e. The highest BCUT2D eigenvalue weighted by Crippen LogP contribution is 2.22. The van der Waals surface area contributed by atoms with E-state index in [0.717, 1.165) is 5.69 Å². The van der Waals surface area contributed by atoms with Crippen LogP contribution in [0.2, 0.25) is 0 Å². The summed E-state index contributed by atoms with van der Waals surface area (Å²) < 4.78 is 1.87. The number of nitrogens with zero attached hydrogens (tertiary/aromatic N) is 2. The van der Waals surface area contributed by atoms with Gasteiger partial charge in [-0.05, 0) is 43.2 Å². The van der Waals surface area contributed by atoms with Crippen molar-refractivity contribution >= 4 is 5.69 Å². The lowest BCUT2D eigenvalue weighted by Crippen LogP contribution is -2.14. The van der Waals surface area contributed by atoms with Crippen LogP contribution in [0.1, 0.15) is 25.7 Å². The monoisotopic (exact) mass is 227 g/mol. The van der Waals surface area contributed by atoms with Crippen LogP contribution in [-0.4, -0.2) is 15.8 Å². The first-order valence-electron chi connectivity index (χ1n) is 6.28. The molecule has 0 saturated heterocycles. The molecule has 17 heavy (non-hydrogen) atoms. The second-order valence-corrected chi connectivity index (χ2v) is 4.62. The van der Waals surface area contributed by atoms with E-state index < -0.39 is 0 Å². The zero-order valence-electron chi connectivity index (χ0n) is 9.84. The van der Waals surface area contributed by atoms with Crippen LogP contribution in [0.5, 0.6) is 0 Å². The van der Waals surface area contributed by atoms with Crippen LogP contribution >= 0.6 is 0 Å². The van der Waals surface area contributed by atoms with Gasteiger partial charge in [-0.2, -0.15) is 5.10 Å². The Labute approximate surface area is 101 Å². The fourth-order valence-corrected chi connectivity index (χ4v) is 2.44. The maximum absolute atomic E-state index is 4.22. The highest BCUT2D eigenvalue weighted by atomic mass is 15.3. The van der Waals surface area contributed by atoms with E-state index in [4.69, 9.17) is 0 Å². The summed E-state index contributed by atoms with van der Waals surface area (Å²) in [6.07, 6.45) is 9.10. The summed E-state index contributed by atoms with van der Waals surface area (Å²) >= 11 is 0. The standard InChI is InChI=1S/C14H17N3/c1-2-5-12(4-1)16-13-6-8-14(9-7-13)17-11-3-10-15-17/h3,6-12,16H,1-2,4-5H2. The zero-order valence-corrected chi connectivity index (χ0v) is 9.84. The Morgan fingerprint density at radius 3 is 2.53 bits per heavy atom. The van der Waals surface area contributed by atoms with Crippen molar-refractivity contribution in [2.24, 2.45) is 0 Å². The minimum Gasteiger partial charge on any atom is -0.382 e. The maximum atomic E-state index is 4.22. The van der Waals surface area contributed by atoms with Crippen molar-refractivity contribution in [3.63, 3.8) is 0 Å². The van der Waals surface area contributed by atoms with Gasteiger partial charge in [0.15, 0.2) is 0 Å². The van der Waals surface area contributed by atoms with Crippen LogP contribution in [-0.2, 0) is 0 Å². The molecule has 1 N–H and O–H groups in total. The van der Waals surface area contributed by atoms with E-state index in [2.05, 4.69) is 34.7 Å². The summed E-state index contributed by atoms with van der Waals surface area (Å²) in [6, 6.07) is 11.1. The summed E-state index contributed by atoms with van der Waals surface area (Å²) in [5.41, 5.74) is 2.32. The Balaban J connectivity index is 1.71. The highest BCUT2D eigenvalue weighted by molar-refractivity contribution is 5.49. The SMILES string of the molecule is c1cnn(-c2ccc(NC3CCCC3)cc2)c1. The van der Waals surface area contributed by atoms with Gasteiger partial charge in [-0.1, -0.05) is 12.8 Å². The molecule has 0 bridgehead atoms. The Morgan fingerprint density at radius 2 is 1.88 bits per heavy atom. The quantitative estimate of drug-likeness (QED) is 0.872. The molecular formula is C14H17N3. The first-order chi connectivity index (χ1) is 8.42. The summed E-state index contributed by atoms with van der Waals surface area (Å²) in [7, 11) is 0. The lowest BCUT2D eigenvalue weighted by atomic mass is 10.2. The number of benzene rings is 1. The predicted octanol–water partition coefficient (Wildman–Crippen LogP) is 3.23. The molecule has 1 aromatic heterocycles. The normalized spacial score (nSPS) is 16.2. The number of anilines is 1. The van der Waals surface area contributed by atoms with E-state index in [0.29, 0.717) is 6.04 Å². The molecule has 1 aromatic carbocycles. The Hall–Kier alpha value is -1.77. The van der Waals surface area contributed by atoms with Gasteiger partial charge in [0.25, 0.3) is 0 Å². The second kappa shape index (κ2) is 4.62. The molecule has 88 valence electrons. The topological polar surface area (TPSA) is 29.9 Å². The molecule has 2 aromatic rings. The fourth-order valence-electron chi connectivity index (χ4n) is 2.44. The van der Waals surface area contributed by atoms with Crippen LogP contribution in [0, 0.1) is 0 Å². The minimum atomic E-state index is 0.672. The van der Waals surface area contributed by atoms with Gasteiger partial charge in [-0.15, -0.1) is 0 Å². The molecular weight excluding hydrogens is 210 g/mol. The molecule has 1 aliphatic carbocycles. The van der Waals surface area contributed by atoms with E-state index in [1.54, 1.807) is 6.20 Å². The van der Waals surface area contributed by atoms with Gasteiger partial charge >= 0.3 is 0 Å². The largest absolute Gasteiger partial charge is 0.382 e. The van der Waals surface area contributed by atoms with Crippen molar-refractivity contribution in [2.75, 3.05) is 5.32 Å². The van der Waals surface area contributed by atoms with Crippen LogP contribution < -0.4 is 5.32 Å². The van der Waals surface area contributed by atoms with Gasteiger partial charge in [0, 0.05) is 24.1 Å². The van der Waals surface area contributed by atoms with E-state index in [1.165, 1.54) is 31.4 Å². The van der Waals surface area contributed by atoms with Crippen molar-refractivity contribution in [2.45, 2.75) is 31.7 Å². The zero-order chi connectivity index (χ0) is 11.5. The number of nitrogens with one attached hydrogen (secondary N) is 1. The van der Waals surface area contributed by atoms with E-state index in [-0.39, 0.29) is 0 Å². The van der Waals surface area contributed by atoms with Crippen LogP contribution in [0.4, 0.5) is 5.69 Å². The third-order valence-electron chi connectivity index (χ3n) is 3.36. The molecule has 1 heterocycles. The van der Waals surface area contributed by atoms with Crippen LogP contribution in [0.3, 0.4) is 0 Å². The van der Waals surface area contributed by atoms with Gasteiger partial charge in [0.05, 0.1) is 5.69 Å². The van der Waals surface area contributed by atoms with Gasteiger partial charge in [0.1, 0.15) is 0 Å². The van der Waals surface area contributed by atoms with Gasteiger partial charge in [-0.25, -0.2) is 4.68 Å². The molecule has 1 aliphatic rings. The van der Waals surface area contributed by atoms with E-state index >= 15 is 0 Å². The molecule has 0 atom stereocenters. The van der Waals surface area contributed by atoms with E-state index in [9.17, 15) is 0 Å². The van der Waals surface area contributed by atoms with Crippen LogP contribution in [0.15, 0.2) is 42.7 Å². The van der Waals surface area contributed by atoms with Crippen molar-refractivity contribution in [3.8, 4) is 5.69 Å². The lowest BCUT2D eigenvalue weighted by Gasteiger charge is -2.13. The average Bonchev–Trinajstić information content (AvgIpc) is 3.01. The average molecular weight is 227 g/mol. The van der Waals surface area contributed by atoms with Crippen molar-refractivity contribution in [3.05, 3.63) is 42.7 Å². The molecule has 0 unspecified atom stereocenters. The highest BCUT2D eigenvalue weighted by Gasteiger charge is 2.14. The first-order valence-corrected chi connectivity index (χ1v) is 6.28. The van der Waals surface area contributed by atoms with Gasteiger partial charge in [0.2, 0.25) is 0 Å². The summed E-state index contributed by atoms with van der Waals surface area (Å²) in [5.74, 6) is 0. The fraction of sp³-hybridized carbons (Fsp3) is 0.357. The Morgan fingerprint density at radius 1 is 1.12 bits per heavy atom. The van der Waals surface area contributed by atoms with Gasteiger partial charge in [-0.3, -0.25) is 0 Å². The molecule has 0 amide bonds. The second-order valence-electron chi connectivity index (χ2n) is 4.62. The molecule has 1 fully saturated rings. The number of rotatable bonds is 3. The molecule has 0 aliphatic heterocycles. The predicted molar refractivity (Wildman–Crippen MR) is 69.4 cm³/mol. The summed E-state index contributed by atoms with van der Waals surface area (Å²) in [4.78, 5) is 0. The number of aromatic nitrogens is 2.